The van der Waals surface area contributed by atoms with Gasteiger partial charge in [0.1, 0.15) is 5.75 Å². The van der Waals surface area contributed by atoms with E-state index >= 15 is 0 Å². The van der Waals surface area contributed by atoms with Gasteiger partial charge in [0.2, 0.25) is 0 Å². The minimum atomic E-state index is -0.323. The number of esters is 1. The predicted molar refractivity (Wildman–Crippen MR) is 109 cm³/mol. The first-order valence-electron chi connectivity index (χ1n) is 9.84. The summed E-state index contributed by atoms with van der Waals surface area (Å²) in [5.74, 6) is -0.172. The van der Waals surface area contributed by atoms with Crippen molar-refractivity contribution in [2.24, 2.45) is 0 Å². The Morgan fingerprint density at radius 2 is 1.52 bits per heavy atom. The third kappa shape index (κ3) is 8.74. The number of carbonyl (C=O) groups is 1. The van der Waals surface area contributed by atoms with Crippen LogP contribution in [0.3, 0.4) is 0 Å². The maximum absolute atomic E-state index is 11.8. The molecule has 2 rings (SSSR count). The van der Waals surface area contributed by atoms with Gasteiger partial charge in [-0.15, -0.1) is 0 Å². The summed E-state index contributed by atoms with van der Waals surface area (Å²) in [6.07, 6.45) is 6.86. The molecule has 0 saturated heterocycles. The highest BCUT2D eigenvalue weighted by molar-refractivity contribution is 5.89. The zero-order valence-electron chi connectivity index (χ0n) is 16.3. The molecule has 0 bridgehead atoms. The van der Waals surface area contributed by atoms with Crippen LogP contribution in [-0.2, 0) is 11.3 Å². The Labute approximate surface area is 162 Å². The number of hydrogen-bond acceptors (Lipinski definition) is 4. The Kier molecular flexibility index (Phi) is 9.42. The smallest absolute Gasteiger partial charge is 0.338 e. The molecule has 0 heterocycles. The van der Waals surface area contributed by atoms with E-state index in [4.69, 9.17) is 4.74 Å². The molecule has 0 saturated carbocycles. The minimum absolute atomic E-state index is 0.151. The Hall–Kier alpha value is -2.33. The number of phenols is 1. The molecule has 0 fully saturated rings. The maximum atomic E-state index is 11.8. The van der Waals surface area contributed by atoms with Gasteiger partial charge < -0.3 is 14.7 Å². The van der Waals surface area contributed by atoms with Crippen LogP contribution < -0.4 is 0 Å². The number of rotatable bonds is 12. The Morgan fingerprint density at radius 1 is 0.889 bits per heavy atom. The van der Waals surface area contributed by atoms with E-state index in [0.717, 1.165) is 25.9 Å². The summed E-state index contributed by atoms with van der Waals surface area (Å²) < 4.78 is 5.26. The number of benzene rings is 2. The van der Waals surface area contributed by atoms with Crippen molar-refractivity contribution in [3.8, 4) is 5.75 Å². The van der Waals surface area contributed by atoms with Gasteiger partial charge in [0, 0.05) is 6.54 Å². The van der Waals surface area contributed by atoms with Crippen molar-refractivity contribution in [1.29, 1.82) is 0 Å². The summed E-state index contributed by atoms with van der Waals surface area (Å²) in [4.78, 5) is 14.2. The molecule has 0 aliphatic carbocycles. The van der Waals surface area contributed by atoms with Gasteiger partial charge in [-0.1, -0.05) is 56.0 Å². The van der Waals surface area contributed by atoms with Gasteiger partial charge in [-0.3, -0.25) is 0 Å². The second-order valence-corrected chi connectivity index (χ2v) is 7.03. The molecule has 0 spiro atoms. The fourth-order valence-corrected chi connectivity index (χ4v) is 3.01. The standard InChI is InChI=1S/C23H31NO3/c1-24(19-20-11-7-6-8-12-20)17-9-4-2-3-5-10-18-27-23(26)21-13-15-22(25)16-14-21/h6-8,11-16,25H,2-5,9-10,17-19H2,1H3. The van der Waals surface area contributed by atoms with Gasteiger partial charge in [0.05, 0.1) is 12.2 Å². The van der Waals surface area contributed by atoms with Gasteiger partial charge in [-0.2, -0.15) is 0 Å². The maximum Gasteiger partial charge on any atom is 0.338 e. The molecule has 4 nitrogen and oxygen atoms in total. The fraction of sp³-hybridized carbons (Fsp3) is 0.435. The highest BCUT2D eigenvalue weighted by Gasteiger charge is 2.06. The van der Waals surface area contributed by atoms with E-state index < -0.39 is 0 Å². The summed E-state index contributed by atoms with van der Waals surface area (Å²) in [6.45, 7) is 2.59. The number of aromatic hydroxyl groups is 1. The van der Waals surface area contributed by atoms with Crippen molar-refractivity contribution >= 4 is 5.97 Å². The zero-order chi connectivity index (χ0) is 19.3. The van der Waals surface area contributed by atoms with E-state index in [2.05, 4.69) is 42.3 Å². The van der Waals surface area contributed by atoms with E-state index in [-0.39, 0.29) is 11.7 Å². The summed E-state index contributed by atoms with van der Waals surface area (Å²) >= 11 is 0. The van der Waals surface area contributed by atoms with Crippen LogP contribution in [0.25, 0.3) is 0 Å². The molecule has 2 aromatic carbocycles. The summed E-state index contributed by atoms with van der Waals surface area (Å²) in [5, 5.41) is 9.22. The second kappa shape index (κ2) is 12.1. The first-order valence-corrected chi connectivity index (χ1v) is 9.84. The van der Waals surface area contributed by atoms with E-state index in [1.807, 2.05) is 0 Å². The van der Waals surface area contributed by atoms with Crippen molar-refractivity contribution < 1.29 is 14.6 Å². The Morgan fingerprint density at radius 3 is 2.22 bits per heavy atom. The summed E-state index contributed by atoms with van der Waals surface area (Å²) in [6, 6.07) is 16.7. The van der Waals surface area contributed by atoms with Gasteiger partial charge >= 0.3 is 5.97 Å². The second-order valence-electron chi connectivity index (χ2n) is 7.03. The third-order valence-electron chi connectivity index (χ3n) is 4.57. The van der Waals surface area contributed by atoms with Crippen molar-refractivity contribution in [1.82, 2.24) is 4.90 Å². The van der Waals surface area contributed by atoms with Crippen LogP contribution >= 0.6 is 0 Å². The van der Waals surface area contributed by atoms with Crippen LogP contribution in [0, 0.1) is 0 Å². The number of phenolic OH excluding ortho intramolecular Hbond substituents is 1. The zero-order valence-corrected chi connectivity index (χ0v) is 16.3. The molecule has 0 amide bonds. The predicted octanol–water partition coefficient (Wildman–Crippen LogP) is 5.02. The molecular weight excluding hydrogens is 338 g/mol. The molecule has 0 aliphatic rings. The van der Waals surface area contributed by atoms with E-state index in [1.165, 1.54) is 43.4 Å². The average molecular weight is 370 g/mol. The van der Waals surface area contributed by atoms with Crippen LogP contribution in [0.5, 0.6) is 5.75 Å². The molecule has 27 heavy (non-hydrogen) atoms. The fourth-order valence-electron chi connectivity index (χ4n) is 3.01. The first-order chi connectivity index (χ1) is 13.1. The van der Waals surface area contributed by atoms with Crippen molar-refractivity contribution in [2.45, 2.75) is 45.1 Å². The summed E-state index contributed by atoms with van der Waals surface area (Å²) in [7, 11) is 2.18. The van der Waals surface area contributed by atoms with Crippen LogP contribution in [-0.4, -0.2) is 36.2 Å². The third-order valence-corrected chi connectivity index (χ3v) is 4.57. The number of hydrogen-bond donors (Lipinski definition) is 1. The molecule has 0 aliphatic heterocycles. The largest absolute Gasteiger partial charge is 0.508 e. The van der Waals surface area contributed by atoms with Crippen LogP contribution in [0.1, 0.15) is 54.4 Å². The molecule has 0 aromatic heterocycles. The Bertz CT molecular complexity index is 655. The van der Waals surface area contributed by atoms with Crippen LogP contribution in [0.2, 0.25) is 0 Å². The SMILES string of the molecule is CN(CCCCCCCCOC(=O)c1ccc(O)cc1)Cc1ccccc1. The highest BCUT2D eigenvalue weighted by atomic mass is 16.5. The molecule has 146 valence electrons. The summed E-state index contributed by atoms with van der Waals surface area (Å²) in [5.41, 5.74) is 1.84. The van der Waals surface area contributed by atoms with Crippen LogP contribution in [0.4, 0.5) is 0 Å². The van der Waals surface area contributed by atoms with Gasteiger partial charge in [-0.05, 0) is 56.3 Å². The molecule has 4 heteroatoms. The van der Waals surface area contributed by atoms with E-state index in [1.54, 1.807) is 12.1 Å². The van der Waals surface area contributed by atoms with Crippen molar-refractivity contribution in [2.75, 3.05) is 20.2 Å². The lowest BCUT2D eigenvalue weighted by Gasteiger charge is -2.16. The number of carbonyl (C=O) groups excluding carboxylic acids is 1. The lowest BCUT2D eigenvalue weighted by Crippen LogP contribution is -2.18. The van der Waals surface area contributed by atoms with Crippen molar-refractivity contribution in [3.63, 3.8) is 0 Å². The van der Waals surface area contributed by atoms with E-state index in [9.17, 15) is 9.90 Å². The number of nitrogens with zero attached hydrogens (tertiary/aromatic N) is 1. The minimum Gasteiger partial charge on any atom is -0.508 e. The Balaban J connectivity index is 1.43. The highest BCUT2D eigenvalue weighted by Crippen LogP contribution is 2.12. The first kappa shape index (κ1) is 21.0. The number of ether oxygens (including phenoxy) is 1. The number of unbranched alkanes of at least 4 members (excludes halogenated alkanes) is 5. The van der Waals surface area contributed by atoms with Gasteiger partial charge in [-0.25, -0.2) is 4.79 Å². The van der Waals surface area contributed by atoms with Crippen LogP contribution in [0.15, 0.2) is 54.6 Å². The lowest BCUT2D eigenvalue weighted by molar-refractivity contribution is 0.0497. The molecule has 0 radical (unpaired) electrons. The monoisotopic (exact) mass is 369 g/mol. The van der Waals surface area contributed by atoms with E-state index in [0.29, 0.717) is 12.2 Å². The molecule has 0 unspecified atom stereocenters. The molecule has 1 N–H and O–H groups in total. The quantitative estimate of drug-likeness (QED) is 0.421. The lowest BCUT2D eigenvalue weighted by atomic mass is 10.1. The molecule has 0 atom stereocenters. The average Bonchev–Trinajstić information content (AvgIpc) is 2.68. The van der Waals surface area contributed by atoms with Gasteiger partial charge in [0.15, 0.2) is 0 Å². The van der Waals surface area contributed by atoms with Gasteiger partial charge in [0.25, 0.3) is 0 Å². The normalized spacial score (nSPS) is 10.9. The molecule has 2 aromatic rings. The molecular formula is C23H31NO3. The van der Waals surface area contributed by atoms with Crippen molar-refractivity contribution in [3.05, 3.63) is 65.7 Å². The topological polar surface area (TPSA) is 49.8 Å².